The molecule has 31 heavy (non-hydrogen) atoms. The molecule has 2 N–H and O–H groups in total. The highest BCUT2D eigenvalue weighted by Crippen LogP contribution is 2.31. The van der Waals surface area contributed by atoms with E-state index in [9.17, 15) is 4.79 Å². The average Bonchev–Trinajstić information content (AvgIpc) is 3.42. The number of imidazole rings is 1. The highest BCUT2D eigenvalue weighted by atomic mass is 16.5. The molecule has 1 aliphatic rings. The van der Waals surface area contributed by atoms with Crippen LogP contribution in [0.5, 0.6) is 5.75 Å². The quantitative estimate of drug-likeness (QED) is 0.516. The summed E-state index contributed by atoms with van der Waals surface area (Å²) in [6, 6.07) is 8.26. The van der Waals surface area contributed by atoms with Crippen molar-refractivity contribution in [3.63, 3.8) is 0 Å². The van der Waals surface area contributed by atoms with E-state index in [2.05, 4.69) is 20.7 Å². The van der Waals surface area contributed by atoms with Crippen molar-refractivity contribution in [1.29, 1.82) is 0 Å². The lowest BCUT2D eigenvalue weighted by atomic mass is 9.91. The predicted molar refractivity (Wildman–Crippen MR) is 118 cm³/mol. The van der Waals surface area contributed by atoms with Crippen LogP contribution in [0.2, 0.25) is 0 Å². The van der Waals surface area contributed by atoms with Crippen LogP contribution in [0, 0.1) is 0 Å². The Morgan fingerprint density at radius 1 is 1.23 bits per heavy atom. The first kappa shape index (κ1) is 19.5. The standard InChI is InChI=1S/C22H25N7O2/c1-23-15-5-7-16(8-6-15)28-13-14-10-17(19(31-2)11-18(14)27-28)22(30)26-21-12-24-20-4-3-9-25-29(20)21/h3-4,9-13,15-16,23H,5-8H2,1-2H3,(H,26,30). The van der Waals surface area contributed by atoms with Gasteiger partial charge in [0, 0.05) is 29.9 Å². The molecule has 0 saturated heterocycles. The molecule has 9 nitrogen and oxygen atoms in total. The third-order valence-electron chi connectivity index (χ3n) is 6.09. The van der Waals surface area contributed by atoms with Gasteiger partial charge in [0.2, 0.25) is 0 Å². The van der Waals surface area contributed by atoms with Crippen molar-refractivity contribution in [3.05, 3.63) is 48.4 Å². The van der Waals surface area contributed by atoms with Crippen LogP contribution in [-0.2, 0) is 0 Å². The highest BCUT2D eigenvalue weighted by molar-refractivity contribution is 6.08. The molecular weight excluding hydrogens is 394 g/mol. The van der Waals surface area contributed by atoms with Crippen LogP contribution >= 0.6 is 0 Å². The van der Waals surface area contributed by atoms with Crippen LogP contribution in [0.25, 0.3) is 16.6 Å². The summed E-state index contributed by atoms with van der Waals surface area (Å²) in [6.07, 6.45) is 9.73. The number of fused-ring (bicyclic) bond motifs is 2. The SMILES string of the molecule is CNC1CCC(n2cc3cc(C(=O)Nc4cnc5cccnn45)c(OC)cc3n2)CC1. The Morgan fingerprint density at radius 3 is 2.84 bits per heavy atom. The zero-order chi connectivity index (χ0) is 21.4. The number of nitrogens with one attached hydrogen (secondary N) is 2. The van der Waals surface area contributed by atoms with E-state index in [-0.39, 0.29) is 5.91 Å². The van der Waals surface area contributed by atoms with Gasteiger partial charge in [-0.25, -0.2) is 4.98 Å². The van der Waals surface area contributed by atoms with Crippen molar-refractivity contribution in [2.75, 3.05) is 19.5 Å². The number of benzene rings is 1. The number of amides is 1. The van der Waals surface area contributed by atoms with Crippen LogP contribution in [0.4, 0.5) is 5.82 Å². The molecule has 5 rings (SSSR count). The Morgan fingerprint density at radius 2 is 2.06 bits per heavy atom. The number of anilines is 1. The van der Waals surface area contributed by atoms with Gasteiger partial charge in [0.05, 0.1) is 30.4 Å². The number of ether oxygens (including phenoxy) is 1. The summed E-state index contributed by atoms with van der Waals surface area (Å²) >= 11 is 0. The van der Waals surface area contributed by atoms with Gasteiger partial charge in [0.1, 0.15) is 5.75 Å². The molecule has 0 unspecified atom stereocenters. The van der Waals surface area contributed by atoms with E-state index in [0.717, 1.165) is 36.6 Å². The summed E-state index contributed by atoms with van der Waals surface area (Å²) in [5, 5.41) is 16.2. The lowest BCUT2D eigenvalue weighted by Gasteiger charge is -2.28. The number of hydrogen-bond donors (Lipinski definition) is 2. The van der Waals surface area contributed by atoms with Crippen molar-refractivity contribution in [3.8, 4) is 5.75 Å². The lowest BCUT2D eigenvalue weighted by Crippen LogP contribution is -2.31. The first-order valence-corrected chi connectivity index (χ1v) is 10.5. The van der Waals surface area contributed by atoms with Gasteiger partial charge in [0.15, 0.2) is 11.5 Å². The summed E-state index contributed by atoms with van der Waals surface area (Å²) in [5.74, 6) is 0.698. The van der Waals surface area contributed by atoms with Crippen LogP contribution < -0.4 is 15.4 Å². The summed E-state index contributed by atoms with van der Waals surface area (Å²) in [4.78, 5) is 17.3. The molecule has 4 aromatic rings. The second kappa shape index (κ2) is 7.99. The topological polar surface area (TPSA) is 98.4 Å². The average molecular weight is 419 g/mol. The van der Waals surface area contributed by atoms with Crippen LogP contribution in [0.15, 0.2) is 42.9 Å². The molecular formula is C22H25N7O2. The molecule has 3 aromatic heterocycles. The van der Waals surface area contributed by atoms with E-state index < -0.39 is 0 Å². The molecule has 1 aliphatic carbocycles. The van der Waals surface area contributed by atoms with E-state index in [0.29, 0.717) is 34.9 Å². The van der Waals surface area contributed by atoms with E-state index >= 15 is 0 Å². The molecule has 1 amide bonds. The number of hydrogen-bond acceptors (Lipinski definition) is 6. The fourth-order valence-electron chi connectivity index (χ4n) is 4.33. The van der Waals surface area contributed by atoms with Crippen LogP contribution in [0.1, 0.15) is 42.1 Å². The fraction of sp³-hybridized carbons (Fsp3) is 0.364. The second-order valence-corrected chi connectivity index (χ2v) is 7.91. The maximum atomic E-state index is 13.1. The summed E-state index contributed by atoms with van der Waals surface area (Å²) in [5.41, 5.74) is 1.93. The molecule has 0 spiro atoms. The van der Waals surface area contributed by atoms with E-state index in [1.165, 1.54) is 0 Å². The lowest BCUT2D eigenvalue weighted by molar-refractivity contribution is 0.102. The van der Waals surface area contributed by atoms with Crippen molar-refractivity contribution in [1.82, 2.24) is 29.7 Å². The monoisotopic (exact) mass is 419 g/mol. The maximum absolute atomic E-state index is 13.1. The van der Waals surface area contributed by atoms with Gasteiger partial charge in [-0.15, -0.1) is 0 Å². The Labute approximate surface area is 179 Å². The molecule has 9 heteroatoms. The highest BCUT2D eigenvalue weighted by Gasteiger charge is 2.23. The zero-order valence-corrected chi connectivity index (χ0v) is 17.6. The Hall–Kier alpha value is -3.46. The van der Waals surface area contributed by atoms with Gasteiger partial charge in [-0.3, -0.25) is 9.48 Å². The molecule has 160 valence electrons. The number of methoxy groups -OCH3 is 1. The van der Waals surface area contributed by atoms with Gasteiger partial charge in [-0.05, 0) is 50.9 Å². The molecule has 1 saturated carbocycles. The second-order valence-electron chi connectivity index (χ2n) is 7.91. The van der Waals surface area contributed by atoms with Crippen molar-refractivity contribution in [2.45, 2.75) is 37.8 Å². The maximum Gasteiger partial charge on any atom is 0.260 e. The van der Waals surface area contributed by atoms with Gasteiger partial charge in [-0.1, -0.05) is 0 Å². The van der Waals surface area contributed by atoms with Gasteiger partial charge >= 0.3 is 0 Å². The van der Waals surface area contributed by atoms with Crippen molar-refractivity contribution in [2.24, 2.45) is 0 Å². The van der Waals surface area contributed by atoms with Crippen molar-refractivity contribution >= 4 is 28.3 Å². The normalized spacial score (nSPS) is 19.0. The minimum absolute atomic E-state index is 0.284. The number of nitrogens with zero attached hydrogens (tertiary/aromatic N) is 5. The summed E-state index contributed by atoms with van der Waals surface area (Å²) in [6.45, 7) is 0. The van der Waals surface area contributed by atoms with Crippen molar-refractivity contribution < 1.29 is 9.53 Å². The van der Waals surface area contributed by atoms with Gasteiger partial charge in [0.25, 0.3) is 5.91 Å². The number of aromatic nitrogens is 5. The zero-order valence-electron chi connectivity index (χ0n) is 17.6. The number of carbonyl (C=O) groups excluding carboxylic acids is 1. The number of carbonyl (C=O) groups is 1. The van der Waals surface area contributed by atoms with E-state index in [1.54, 1.807) is 30.1 Å². The molecule has 1 aromatic carbocycles. The minimum Gasteiger partial charge on any atom is -0.496 e. The van der Waals surface area contributed by atoms with Crippen LogP contribution in [-0.4, -0.2) is 50.5 Å². The summed E-state index contributed by atoms with van der Waals surface area (Å²) in [7, 11) is 3.58. The number of rotatable bonds is 5. The van der Waals surface area contributed by atoms with Gasteiger partial charge in [-0.2, -0.15) is 14.7 Å². The smallest absolute Gasteiger partial charge is 0.260 e. The Kier molecular flexibility index (Phi) is 5.03. The predicted octanol–water partition coefficient (Wildman–Crippen LogP) is 3.04. The largest absolute Gasteiger partial charge is 0.496 e. The third kappa shape index (κ3) is 3.61. The van der Waals surface area contributed by atoms with E-state index in [4.69, 9.17) is 9.84 Å². The molecule has 0 aliphatic heterocycles. The molecule has 3 heterocycles. The molecule has 1 fully saturated rings. The Bertz CT molecular complexity index is 1240. The minimum atomic E-state index is -0.284. The molecule has 0 radical (unpaired) electrons. The van der Waals surface area contributed by atoms with Gasteiger partial charge < -0.3 is 15.4 Å². The first-order valence-electron chi connectivity index (χ1n) is 10.5. The first-order chi connectivity index (χ1) is 15.2. The summed E-state index contributed by atoms with van der Waals surface area (Å²) < 4.78 is 9.14. The fourth-order valence-corrected chi connectivity index (χ4v) is 4.33. The molecule has 0 atom stereocenters. The third-order valence-corrected chi connectivity index (χ3v) is 6.09. The van der Waals surface area contributed by atoms with E-state index in [1.807, 2.05) is 36.1 Å². The Balaban J connectivity index is 1.43. The van der Waals surface area contributed by atoms with Crippen LogP contribution in [0.3, 0.4) is 0 Å². The molecule has 0 bridgehead atoms.